The highest BCUT2D eigenvalue weighted by atomic mass is 16.6. The fourth-order valence-electron chi connectivity index (χ4n) is 1.93. The van der Waals surface area contributed by atoms with Crippen LogP contribution in [-0.2, 0) is 4.79 Å². The minimum atomic E-state index is -0.539. The van der Waals surface area contributed by atoms with E-state index in [0.717, 1.165) is 0 Å². The first-order valence-electron chi connectivity index (χ1n) is 6.92. The molecule has 0 aliphatic carbocycles. The van der Waals surface area contributed by atoms with Crippen LogP contribution in [-0.4, -0.2) is 24.5 Å². The highest BCUT2D eigenvalue weighted by molar-refractivity contribution is 5.95. The lowest BCUT2D eigenvalue weighted by Gasteiger charge is -2.11. The lowest BCUT2D eigenvalue weighted by Crippen LogP contribution is -2.20. The third-order valence-corrected chi connectivity index (χ3v) is 3.11. The summed E-state index contributed by atoms with van der Waals surface area (Å²) in [7, 11) is 1.64. The standard InChI is InChI=1S/C16H14N4O4/c1-18-14-7-4-12(20(22)23)8-15(14)19-16(21)10-24-13-5-2-11(9-17)3-6-13/h2-8,18H,10H2,1H3,(H,19,21). The zero-order valence-corrected chi connectivity index (χ0v) is 12.8. The Kier molecular flexibility index (Phi) is 5.31. The molecule has 0 saturated carbocycles. The molecular formula is C16H14N4O4. The van der Waals surface area contributed by atoms with E-state index in [1.165, 1.54) is 18.2 Å². The number of hydrogen-bond donors (Lipinski definition) is 2. The number of carbonyl (C=O) groups is 1. The van der Waals surface area contributed by atoms with Gasteiger partial charge in [-0.05, 0) is 30.3 Å². The zero-order chi connectivity index (χ0) is 17.5. The van der Waals surface area contributed by atoms with E-state index >= 15 is 0 Å². The van der Waals surface area contributed by atoms with Crippen molar-refractivity contribution in [1.82, 2.24) is 0 Å². The topological polar surface area (TPSA) is 117 Å². The van der Waals surface area contributed by atoms with Crippen molar-refractivity contribution < 1.29 is 14.5 Å². The molecule has 2 aromatic carbocycles. The van der Waals surface area contributed by atoms with Gasteiger partial charge in [0.15, 0.2) is 6.61 Å². The number of nitriles is 1. The van der Waals surface area contributed by atoms with E-state index in [4.69, 9.17) is 10.00 Å². The van der Waals surface area contributed by atoms with Gasteiger partial charge in [-0.3, -0.25) is 14.9 Å². The molecule has 24 heavy (non-hydrogen) atoms. The number of anilines is 2. The molecule has 2 rings (SSSR count). The van der Waals surface area contributed by atoms with Crippen molar-refractivity contribution in [1.29, 1.82) is 5.26 Å². The third kappa shape index (κ3) is 4.20. The summed E-state index contributed by atoms with van der Waals surface area (Å²) in [5, 5.41) is 25.0. The number of benzene rings is 2. The smallest absolute Gasteiger partial charge is 0.271 e. The van der Waals surface area contributed by atoms with Crippen LogP contribution >= 0.6 is 0 Å². The summed E-state index contributed by atoms with van der Waals surface area (Å²) in [6.07, 6.45) is 0. The van der Waals surface area contributed by atoms with Crippen LogP contribution in [0.15, 0.2) is 42.5 Å². The van der Waals surface area contributed by atoms with Crippen LogP contribution in [0, 0.1) is 21.4 Å². The van der Waals surface area contributed by atoms with Gasteiger partial charge in [-0.2, -0.15) is 5.26 Å². The molecule has 0 fully saturated rings. The van der Waals surface area contributed by atoms with Crippen molar-refractivity contribution in [2.24, 2.45) is 0 Å². The van der Waals surface area contributed by atoms with E-state index in [1.54, 1.807) is 31.3 Å². The van der Waals surface area contributed by atoms with Gasteiger partial charge in [0, 0.05) is 19.2 Å². The number of nitro groups is 1. The Balaban J connectivity index is 2.02. The van der Waals surface area contributed by atoms with E-state index in [2.05, 4.69) is 10.6 Å². The first kappa shape index (κ1) is 16.8. The minimum absolute atomic E-state index is 0.127. The number of ether oxygens (including phenoxy) is 1. The Bertz CT molecular complexity index is 797. The summed E-state index contributed by atoms with van der Waals surface area (Å²) in [4.78, 5) is 22.3. The number of nitro benzene ring substituents is 1. The van der Waals surface area contributed by atoms with E-state index in [-0.39, 0.29) is 12.3 Å². The highest BCUT2D eigenvalue weighted by Crippen LogP contribution is 2.26. The molecule has 1 amide bonds. The second kappa shape index (κ2) is 7.60. The van der Waals surface area contributed by atoms with Crippen LogP contribution in [0.2, 0.25) is 0 Å². The summed E-state index contributed by atoms with van der Waals surface area (Å²) >= 11 is 0. The molecule has 0 spiro atoms. The number of nitrogens with one attached hydrogen (secondary N) is 2. The number of rotatable bonds is 6. The third-order valence-electron chi connectivity index (χ3n) is 3.11. The maximum atomic E-state index is 12.0. The van der Waals surface area contributed by atoms with Crippen LogP contribution in [0.3, 0.4) is 0 Å². The molecule has 2 N–H and O–H groups in total. The molecule has 0 radical (unpaired) electrons. The molecular weight excluding hydrogens is 312 g/mol. The number of carbonyl (C=O) groups excluding carboxylic acids is 1. The largest absolute Gasteiger partial charge is 0.484 e. The molecule has 0 bridgehead atoms. The van der Waals surface area contributed by atoms with Gasteiger partial charge in [0.05, 0.1) is 27.9 Å². The quantitative estimate of drug-likeness (QED) is 0.622. The first-order valence-corrected chi connectivity index (χ1v) is 6.92. The minimum Gasteiger partial charge on any atom is -0.484 e. The van der Waals surface area contributed by atoms with Crippen LogP contribution < -0.4 is 15.4 Å². The second-order valence-electron chi connectivity index (χ2n) is 4.71. The second-order valence-corrected chi connectivity index (χ2v) is 4.71. The fourth-order valence-corrected chi connectivity index (χ4v) is 1.93. The van der Waals surface area contributed by atoms with E-state index < -0.39 is 10.8 Å². The van der Waals surface area contributed by atoms with Gasteiger partial charge >= 0.3 is 0 Å². The normalized spacial score (nSPS) is 9.67. The van der Waals surface area contributed by atoms with Crippen molar-refractivity contribution in [2.45, 2.75) is 0 Å². The molecule has 0 aliphatic rings. The molecule has 0 heterocycles. The van der Waals surface area contributed by atoms with Crippen molar-refractivity contribution in [3.05, 3.63) is 58.1 Å². The molecule has 122 valence electrons. The zero-order valence-electron chi connectivity index (χ0n) is 12.8. The number of hydrogen-bond acceptors (Lipinski definition) is 6. The summed E-state index contributed by atoms with van der Waals surface area (Å²) in [6, 6.07) is 12.4. The Morgan fingerprint density at radius 3 is 2.54 bits per heavy atom. The molecule has 2 aromatic rings. The van der Waals surface area contributed by atoms with E-state index in [9.17, 15) is 14.9 Å². The van der Waals surface area contributed by atoms with E-state index in [0.29, 0.717) is 22.7 Å². The molecule has 0 saturated heterocycles. The van der Waals surface area contributed by atoms with Gasteiger partial charge in [-0.25, -0.2) is 0 Å². The van der Waals surface area contributed by atoms with Gasteiger partial charge in [0.1, 0.15) is 5.75 Å². The van der Waals surface area contributed by atoms with Gasteiger partial charge in [-0.1, -0.05) is 0 Å². The lowest BCUT2D eigenvalue weighted by molar-refractivity contribution is -0.384. The van der Waals surface area contributed by atoms with Crippen LogP contribution in [0.5, 0.6) is 5.75 Å². The highest BCUT2D eigenvalue weighted by Gasteiger charge is 2.13. The van der Waals surface area contributed by atoms with Gasteiger partial charge in [-0.15, -0.1) is 0 Å². The molecule has 8 heteroatoms. The SMILES string of the molecule is CNc1ccc([N+](=O)[O-])cc1NC(=O)COc1ccc(C#N)cc1. The Hall–Kier alpha value is -3.60. The van der Waals surface area contributed by atoms with Gasteiger partial charge in [0.2, 0.25) is 0 Å². The summed E-state index contributed by atoms with van der Waals surface area (Å²) in [5.41, 5.74) is 1.20. The van der Waals surface area contributed by atoms with E-state index in [1.807, 2.05) is 6.07 Å². The molecule has 0 unspecified atom stereocenters. The fraction of sp³-hybridized carbons (Fsp3) is 0.125. The number of nitrogens with zero attached hydrogens (tertiary/aromatic N) is 2. The van der Waals surface area contributed by atoms with Gasteiger partial charge < -0.3 is 15.4 Å². The van der Waals surface area contributed by atoms with Gasteiger partial charge in [0.25, 0.3) is 11.6 Å². The Labute approximate surface area is 137 Å². The van der Waals surface area contributed by atoms with Crippen LogP contribution in [0.25, 0.3) is 0 Å². The maximum Gasteiger partial charge on any atom is 0.271 e. The maximum absolute atomic E-state index is 12.0. The predicted octanol–water partition coefficient (Wildman–Crippen LogP) is 2.53. The number of amides is 1. The molecule has 8 nitrogen and oxygen atoms in total. The van der Waals surface area contributed by atoms with Crippen LogP contribution in [0.1, 0.15) is 5.56 Å². The molecule has 0 aliphatic heterocycles. The first-order chi connectivity index (χ1) is 11.5. The van der Waals surface area contributed by atoms with Crippen molar-refractivity contribution >= 4 is 23.0 Å². The number of non-ortho nitro benzene ring substituents is 1. The van der Waals surface area contributed by atoms with Crippen molar-refractivity contribution in [3.8, 4) is 11.8 Å². The van der Waals surface area contributed by atoms with Crippen LogP contribution in [0.4, 0.5) is 17.1 Å². The molecule has 0 atom stereocenters. The molecule has 0 aromatic heterocycles. The summed E-state index contributed by atoms with van der Waals surface area (Å²) < 4.78 is 5.31. The average molecular weight is 326 g/mol. The lowest BCUT2D eigenvalue weighted by atomic mass is 10.2. The van der Waals surface area contributed by atoms with Crippen molar-refractivity contribution in [3.63, 3.8) is 0 Å². The summed E-state index contributed by atoms with van der Waals surface area (Å²) in [6.45, 7) is -0.266. The monoisotopic (exact) mass is 326 g/mol. The Morgan fingerprint density at radius 2 is 1.96 bits per heavy atom. The predicted molar refractivity (Wildman–Crippen MR) is 87.9 cm³/mol. The van der Waals surface area contributed by atoms with Crippen molar-refractivity contribution in [2.75, 3.05) is 24.3 Å². The Morgan fingerprint density at radius 1 is 1.25 bits per heavy atom. The summed E-state index contributed by atoms with van der Waals surface area (Å²) in [5.74, 6) is -0.0200. The average Bonchev–Trinajstić information content (AvgIpc) is 2.60.